The van der Waals surface area contributed by atoms with E-state index < -0.39 is 0 Å². The van der Waals surface area contributed by atoms with Gasteiger partial charge in [-0.05, 0) is 64.3 Å². The first-order valence-electron chi connectivity index (χ1n) is 10.5. The van der Waals surface area contributed by atoms with Crippen molar-refractivity contribution in [1.29, 1.82) is 0 Å². The van der Waals surface area contributed by atoms with Crippen molar-refractivity contribution in [3.8, 4) is 5.75 Å². The second-order valence-electron chi connectivity index (χ2n) is 9.24. The predicted molar refractivity (Wildman–Crippen MR) is 118 cm³/mol. The Labute approximate surface area is 177 Å². The van der Waals surface area contributed by atoms with Crippen molar-refractivity contribution in [2.45, 2.75) is 58.5 Å². The van der Waals surface area contributed by atoms with Gasteiger partial charge >= 0.3 is 0 Å². The van der Waals surface area contributed by atoms with E-state index in [1.807, 2.05) is 49.0 Å². The van der Waals surface area contributed by atoms with E-state index in [2.05, 4.69) is 20.8 Å². The van der Waals surface area contributed by atoms with Crippen LogP contribution < -0.4 is 4.74 Å². The van der Waals surface area contributed by atoms with Crippen LogP contribution >= 0.6 is 0 Å². The number of rotatable bonds is 5. The van der Waals surface area contributed by atoms with Crippen LogP contribution in [0.4, 0.5) is 0 Å². The van der Waals surface area contributed by atoms with Gasteiger partial charge in [0.05, 0.1) is 29.3 Å². The van der Waals surface area contributed by atoms with Crippen molar-refractivity contribution >= 4 is 16.9 Å². The first-order valence-corrected chi connectivity index (χ1v) is 10.5. The van der Waals surface area contributed by atoms with Crippen molar-refractivity contribution in [3.05, 3.63) is 52.8 Å². The predicted octanol–water partition coefficient (Wildman–Crippen LogP) is 4.65. The van der Waals surface area contributed by atoms with Gasteiger partial charge in [0.2, 0.25) is 0 Å². The van der Waals surface area contributed by atoms with Crippen LogP contribution in [0.3, 0.4) is 0 Å². The number of pyridine rings is 1. The second kappa shape index (κ2) is 7.42. The highest BCUT2D eigenvalue weighted by Gasteiger charge is 2.31. The second-order valence-corrected chi connectivity index (χ2v) is 9.24. The molecule has 1 aliphatic rings. The Bertz CT molecular complexity index is 1090. The fourth-order valence-electron chi connectivity index (χ4n) is 3.82. The number of hydrogen-bond donors (Lipinski definition) is 0. The fraction of sp³-hybridized carbons (Fsp3) is 0.458. The molecule has 0 atom stereocenters. The molecule has 0 aliphatic heterocycles. The fourth-order valence-corrected chi connectivity index (χ4v) is 3.82. The van der Waals surface area contributed by atoms with E-state index in [0.717, 1.165) is 46.6 Å². The van der Waals surface area contributed by atoms with Crippen molar-refractivity contribution in [3.63, 3.8) is 0 Å². The molecule has 0 unspecified atom stereocenters. The summed E-state index contributed by atoms with van der Waals surface area (Å²) in [5, 5.41) is 5.62. The van der Waals surface area contributed by atoms with Crippen LogP contribution in [-0.4, -0.2) is 39.7 Å². The number of nitrogens with zero attached hydrogens (tertiary/aromatic N) is 4. The standard InChI is InChI=1S/C24H30N4O2/c1-15-21-19(23(29)27(5)14-16-7-11-18(30-6)12-8-16)13-20(17-9-10-17)25-22(21)28(26-15)24(2,3)4/h7-8,11-13,17H,9-10,14H2,1-6H3. The third-order valence-electron chi connectivity index (χ3n) is 5.62. The summed E-state index contributed by atoms with van der Waals surface area (Å²) in [7, 11) is 3.50. The largest absolute Gasteiger partial charge is 0.497 e. The number of hydrogen-bond acceptors (Lipinski definition) is 4. The number of ether oxygens (including phenoxy) is 1. The Morgan fingerprint density at radius 3 is 2.47 bits per heavy atom. The van der Waals surface area contributed by atoms with Gasteiger partial charge in [-0.15, -0.1) is 0 Å². The molecule has 1 fully saturated rings. The van der Waals surface area contributed by atoms with Crippen LogP contribution in [0.25, 0.3) is 11.0 Å². The van der Waals surface area contributed by atoms with E-state index >= 15 is 0 Å². The van der Waals surface area contributed by atoms with E-state index in [9.17, 15) is 4.79 Å². The van der Waals surface area contributed by atoms with E-state index in [4.69, 9.17) is 14.8 Å². The lowest BCUT2D eigenvalue weighted by Gasteiger charge is -2.21. The van der Waals surface area contributed by atoms with Crippen LogP contribution in [0, 0.1) is 6.92 Å². The summed E-state index contributed by atoms with van der Waals surface area (Å²) in [6, 6.07) is 9.81. The molecule has 0 spiro atoms. The molecule has 0 bridgehead atoms. The number of fused-ring (bicyclic) bond motifs is 1. The van der Waals surface area contributed by atoms with Crippen molar-refractivity contribution in [1.82, 2.24) is 19.7 Å². The number of carbonyl (C=O) groups excluding carboxylic acids is 1. The molecular weight excluding hydrogens is 376 g/mol. The third kappa shape index (κ3) is 3.78. The number of benzene rings is 1. The molecule has 1 aromatic carbocycles. The van der Waals surface area contributed by atoms with Crippen LogP contribution in [0.2, 0.25) is 0 Å². The first-order chi connectivity index (χ1) is 14.2. The van der Waals surface area contributed by atoms with Crippen LogP contribution in [-0.2, 0) is 12.1 Å². The zero-order valence-electron chi connectivity index (χ0n) is 18.7. The highest BCUT2D eigenvalue weighted by atomic mass is 16.5. The average molecular weight is 407 g/mol. The minimum atomic E-state index is -0.211. The molecule has 6 heteroatoms. The molecule has 2 aromatic heterocycles. The lowest BCUT2D eigenvalue weighted by atomic mass is 10.1. The smallest absolute Gasteiger partial charge is 0.254 e. The van der Waals surface area contributed by atoms with Crippen molar-refractivity contribution in [2.75, 3.05) is 14.2 Å². The lowest BCUT2D eigenvalue weighted by Crippen LogP contribution is -2.27. The quantitative estimate of drug-likeness (QED) is 0.619. The number of methoxy groups -OCH3 is 1. The number of aromatic nitrogens is 3. The van der Waals surface area contributed by atoms with E-state index in [1.165, 1.54) is 0 Å². The summed E-state index contributed by atoms with van der Waals surface area (Å²) in [5.41, 5.74) is 4.21. The van der Waals surface area contributed by atoms with Gasteiger partial charge in [-0.1, -0.05) is 12.1 Å². The van der Waals surface area contributed by atoms with Gasteiger partial charge in [0.25, 0.3) is 5.91 Å². The Balaban J connectivity index is 1.74. The van der Waals surface area contributed by atoms with Crippen LogP contribution in [0.1, 0.15) is 66.8 Å². The summed E-state index contributed by atoms with van der Waals surface area (Å²) < 4.78 is 7.19. The van der Waals surface area contributed by atoms with E-state index in [1.54, 1.807) is 12.0 Å². The molecule has 1 saturated carbocycles. The molecule has 6 nitrogen and oxygen atoms in total. The molecule has 3 aromatic rings. The van der Waals surface area contributed by atoms with Gasteiger partial charge in [0.1, 0.15) is 5.75 Å². The summed E-state index contributed by atoms with van der Waals surface area (Å²) in [6.07, 6.45) is 2.27. The molecule has 158 valence electrons. The maximum atomic E-state index is 13.5. The molecule has 2 heterocycles. The van der Waals surface area contributed by atoms with Gasteiger partial charge in [-0.2, -0.15) is 5.10 Å². The molecule has 0 saturated heterocycles. The Morgan fingerprint density at radius 2 is 1.90 bits per heavy atom. The normalized spacial score (nSPS) is 14.2. The van der Waals surface area contributed by atoms with Gasteiger partial charge in [-0.3, -0.25) is 4.79 Å². The monoisotopic (exact) mass is 406 g/mol. The van der Waals surface area contributed by atoms with Gasteiger partial charge in [0, 0.05) is 25.2 Å². The summed E-state index contributed by atoms with van der Waals surface area (Å²) >= 11 is 0. The molecule has 0 radical (unpaired) electrons. The minimum absolute atomic E-state index is 0.00308. The highest BCUT2D eigenvalue weighted by molar-refractivity contribution is 6.06. The zero-order valence-corrected chi connectivity index (χ0v) is 18.7. The van der Waals surface area contributed by atoms with E-state index in [0.29, 0.717) is 18.0 Å². The zero-order chi connectivity index (χ0) is 21.6. The molecule has 0 N–H and O–H groups in total. The average Bonchev–Trinajstić information content (AvgIpc) is 3.50. The maximum Gasteiger partial charge on any atom is 0.254 e. The third-order valence-corrected chi connectivity index (χ3v) is 5.62. The van der Waals surface area contributed by atoms with E-state index in [-0.39, 0.29) is 11.4 Å². The SMILES string of the molecule is COc1ccc(CN(C)C(=O)c2cc(C3CC3)nc3c2c(C)nn3C(C)(C)C)cc1. The van der Waals surface area contributed by atoms with Gasteiger partial charge in [0.15, 0.2) is 5.65 Å². The van der Waals surface area contributed by atoms with Crippen LogP contribution in [0.15, 0.2) is 30.3 Å². The van der Waals surface area contributed by atoms with Crippen molar-refractivity contribution < 1.29 is 9.53 Å². The summed E-state index contributed by atoms with van der Waals surface area (Å²) in [6.45, 7) is 8.83. The summed E-state index contributed by atoms with van der Waals surface area (Å²) in [4.78, 5) is 20.2. The lowest BCUT2D eigenvalue weighted by molar-refractivity contribution is 0.0786. The molecule has 1 amide bonds. The number of aryl methyl sites for hydroxylation is 1. The Kier molecular flexibility index (Phi) is 5.04. The van der Waals surface area contributed by atoms with Gasteiger partial charge < -0.3 is 9.64 Å². The Morgan fingerprint density at radius 1 is 1.23 bits per heavy atom. The number of carbonyl (C=O) groups is 1. The van der Waals surface area contributed by atoms with Gasteiger partial charge in [-0.25, -0.2) is 9.67 Å². The highest BCUT2D eigenvalue weighted by Crippen LogP contribution is 2.41. The maximum absolute atomic E-state index is 13.5. The molecule has 4 rings (SSSR count). The molecule has 1 aliphatic carbocycles. The molecular formula is C24H30N4O2. The van der Waals surface area contributed by atoms with Crippen LogP contribution in [0.5, 0.6) is 5.75 Å². The van der Waals surface area contributed by atoms with Crippen molar-refractivity contribution in [2.24, 2.45) is 0 Å². The number of amides is 1. The topological polar surface area (TPSA) is 60.2 Å². The molecule has 30 heavy (non-hydrogen) atoms. The minimum Gasteiger partial charge on any atom is -0.497 e. The summed E-state index contributed by atoms with van der Waals surface area (Å²) in [5.74, 6) is 1.26. The first kappa shape index (κ1) is 20.4. The Hall–Kier alpha value is -2.89.